The second-order valence-corrected chi connectivity index (χ2v) is 10.2. The lowest BCUT2D eigenvalue weighted by molar-refractivity contribution is -0.120. The van der Waals surface area contributed by atoms with Crippen LogP contribution in [0.2, 0.25) is 0 Å². The molecule has 174 valence electrons. The van der Waals surface area contributed by atoms with Gasteiger partial charge in [0.05, 0.1) is 17.9 Å². The van der Waals surface area contributed by atoms with Gasteiger partial charge in [-0.3, -0.25) is 9.78 Å². The zero-order valence-corrected chi connectivity index (χ0v) is 20.0. The summed E-state index contributed by atoms with van der Waals surface area (Å²) in [6.45, 7) is 6.55. The number of nitrogens with one attached hydrogen (secondary N) is 1. The van der Waals surface area contributed by atoms with Crippen molar-refractivity contribution in [1.29, 1.82) is 0 Å². The Morgan fingerprint density at radius 3 is 2.27 bits per heavy atom. The summed E-state index contributed by atoms with van der Waals surface area (Å²) in [4.78, 5) is 16.9. The van der Waals surface area contributed by atoms with Crippen LogP contribution in [0.5, 0.6) is 5.75 Å². The van der Waals surface area contributed by atoms with Crippen molar-refractivity contribution in [3.05, 3.63) is 89.7 Å². The van der Waals surface area contributed by atoms with Gasteiger partial charge in [-0.05, 0) is 59.9 Å². The standard InChI is InChI=1S/C26H30N2O4S/c1-4-32-23-11-7-20(8-12-23)16-26(29)28-18-25(22-6-5-15-27-17-22)33(30,31)24-13-9-21(10-14-24)19(2)3/h5-15,17,19,25H,4,16,18H2,1-3H3,(H,28,29). The topological polar surface area (TPSA) is 85.4 Å². The van der Waals surface area contributed by atoms with Gasteiger partial charge >= 0.3 is 0 Å². The highest BCUT2D eigenvalue weighted by molar-refractivity contribution is 7.91. The van der Waals surface area contributed by atoms with Crippen molar-refractivity contribution in [2.75, 3.05) is 13.2 Å². The third-order valence-electron chi connectivity index (χ3n) is 5.39. The van der Waals surface area contributed by atoms with Crippen LogP contribution in [-0.2, 0) is 21.1 Å². The van der Waals surface area contributed by atoms with Crippen LogP contribution in [0.1, 0.15) is 48.6 Å². The third-order valence-corrected chi connectivity index (χ3v) is 7.51. The molecule has 7 heteroatoms. The molecular weight excluding hydrogens is 436 g/mol. The summed E-state index contributed by atoms with van der Waals surface area (Å²) in [5.41, 5.74) is 2.42. The molecule has 6 nitrogen and oxygen atoms in total. The number of benzene rings is 2. The smallest absolute Gasteiger partial charge is 0.224 e. The van der Waals surface area contributed by atoms with E-state index in [1.165, 1.54) is 6.20 Å². The number of carbonyl (C=O) groups excluding carboxylic acids is 1. The minimum Gasteiger partial charge on any atom is -0.494 e. The van der Waals surface area contributed by atoms with E-state index in [9.17, 15) is 13.2 Å². The summed E-state index contributed by atoms with van der Waals surface area (Å²) in [5, 5.41) is 1.85. The fourth-order valence-corrected chi connectivity index (χ4v) is 5.15. The van der Waals surface area contributed by atoms with Gasteiger partial charge in [0.2, 0.25) is 5.91 Å². The van der Waals surface area contributed by atoms with Gasteiger partial charge in [0.1, 0.15) is 11.0 Å². The number of pyridine rings is 1. The number of hydrogen-bond donors (Lipinski definition) is 1. The van der Waals surface area contributed by atoms with Gasteiger partial charge < -0.3 is 10.1 Å². The number of nitrogens with zero attached hydrogens (tertiary/aromatic N) is 1. The molecule has 0 fully saturated rings. The number of aromatic nitrogens is 1. The van der Waals surface area contributed by atoms with Crippen LogP contribution < -0.4 is 10.1 Å². The van der Waals surface area contributed by atoms with E-state index in [4.69, 9.17) is 4.74 Å². The first-order chi connectivity index (χ1) is 15.8. The molecule has 1 N–H and O–H groups in total. The van der Waals surface area contributed by atoms with Gasteiger partial charge in [-0.25, -0.2) is 8.42 Å². The predicted octanol–water partition coefficient (Wildman–Crippen LogP) is 4.48. The van der Waals surface area contributed by atoms with Crippen LogP contribution >= 0.6 is 0 Å². The Bertz CT molecular complexity index is 1140. The van der Waals surface area contributed by atoms with E-state index in [1.807, 2.05) is 43.3 Å². The summed E-state index contributed by atoms with van der Waals surface area (Å²) in [6, 6.07) is 17.6. The first-order valence-electron chi connectivity index (χ1n) is 11.0. The number of amides is 1. The Kier molecular flexibility index (Phi) is 8.22. The largest absolute Gasteiger partial charge is 0.494 e. The Labute approximate surface area is 196 Å². The van der Waals surface area contributed by atoms with Gasteiger partial charge in [0, 0.05) is 18.9 Å². The van der Waals surface area contributed by atoms with Crippen molar-refractivity contribution in [2.24, 2.45) is 0 Å². The van der Waals surface area contributed by atoms with Crippen molar-refractivity contribution < 1.29 is 17.9 Å². The number of carbonyl (C=O) groups is 1. The van der Waals surface area contributed by atoms with E-state index in [2.05, 4.69) is 24.1 Å². The van der Waals surface area contributed by atoms with E-state index in [0.717, 1.165) is 16.9 Å². The van der Waals surface area contributed by atoms with E-state index in [0.29, 0.717) is 18.1 Å². The van der Waals surface area contributed by atoms with E-state index in [-0.39, 0.29) is 23.8 Å². The predicted molar refractivity (Wildman–Crippen MR) is 129 cm³/mol. The molecule has 0 saturated carbocycles. The van der Waals surface area contributed by atoms with Gasteiger partial charge in [-0.1, -0.05) is 44.2 Å². The zero-order chi connectivity index (χ0) is 23.8. The molecule has 0 radical (unpaired) electrons. The average molecular weight is 467 g/mol. The summed E-state index contributed by atoms with van der Waals surface area (Å²) in [7, 11) is -3.75. The summed E-state index contributed by atoms with van der Waals surface area (Å²) in [6.07, 6.45) is 3.27. The Hall–Kier alpha value is -3.19. The van der Waals surface area contributed by atoms with E-state index < -0.39 is 15.1 Å². The quantitative estimate of drug-likeness (QED) is 0.476. The summed E-state index contributed by atoms with van der Waals surface area (Å²) in [5.74, 6) is 0.795. The average Bonchev–Trinajstić information content (AvgIpc) is 2.81. The molecular formula is C26H30N2O4S. The second-order valence-electron chi connectivity index (χ2n) is 8.10. The molecule has 3 aromatic rings. The number of rotatable bonds is 10. The maximum absolute atomic E-state index is 13.5. The normalized spacial score (nSPS) is 12.4. The Morgan fingerprint density at radius 1 is 1.00 bits per heavy atom. The van der Waals surface area contributed by atoms with Crippen molar-refractivity contribution >= 4 is 15.7 Å². The number of sulfone groups is 1. The van der Waals surface area contributed by atoms with Crippen LogP contribution in [0, 0.1) is 0 Å². The van der Waals surface area contributed by atoms with Crippen molar-refractivity contribution in [3.63, 3.8) is 0 Å². The second kappa shape index (κ2) is 11.1. The molecule has 0 saturated heterocycles. The molecule has 0 aliphatic heterocycles. The first-order valence-corrected chi connectivity index (χ1v) is 12.6. The highest BCUT2D eigenvalue weighted by Crippen LogP contribution is 2.29. The van der Waals surface area contributed by atoms with Crippen LogP contribution in [0.3, 0.4) is 0 Å². The fraction of sp³-hybridized carbons (Fsp3) is 0.308. The van der Waals surface area contributed by atoms with Gasteiger partial charge in [0.25, 0.3) is 0 Å². The maximum Gasteiger partial charge on any atom is 0.224 e. The number of ether oxygens (including phenoxy) is 1. The molecule has 0 aliphatic rings. The van der Waals surface area contributed by atoms with E-state index in [1.54, 1.807) is 30.5 Å². The molecule has 1 amide bonds. The minimum absolute atomic E-state index is 0.0458. The molecule has 1 unspecified atom stereocenters. The molecule has 1 atom stereocenters. The Morgan fingerprint density at radius 2 is 1.70 bits per heavy atom. The highest BCUT2D eigenvalue weighted by Gasteiger charge is 2.30. The van der Waals surface area contributed by atoms with Crippen molar-refractivity contribution in [3.8, 4) is 5.75 Å². The molecule has 2 aromatic carbocycles. The summed E-state index contributed by atoms with van der Waals surface area (Å²) < 4.78 is 32.4. The SMILES string of the molecule is CCOc1ccc(CC(=O)NCC(c2cccnc2)S(=O)(=O)c2ccc(C(C)C)cc2)cc1. The molecule has 1 aromatic heterocycles. The minimum atomic E-state index is -3.75. The molecule has 0 bridgehead atoms. The fourth-order valence-electron chi connectivity index (χ4n) is 3.50. The lowest BCUT2D eigenvalue weighted by Crippen LogP contribution is -2.33. The van der Waals surface area contributed by atoms with Crippen LogP contribution in [0.4, 0.5) is 0 Å². The van der Waals surface area contributed by atoms with Crippen molar-refractivity contribution in [2.45, 2.75) is 43.3 Å². The van der Waals surface area contributed by atoms with Gasteiger partial charge in [0.15, 0.2) is 9.84 Å². The maximum atomic E-state index is 13.5. The van der Waals surface area contributed by atoms with Gasteiger partial charge in [-0.2, -0.15) is 0 Å². The molecule has 33 heavy (non-hydrogen) atoms. The van der Waals surface area contributed by atoms with Crippen LogP contribution in [0.15, 0.2) is 78.0 Å². The zero-order valence-electron chi connectivity index (χ0n) is 19.2. The molecule has 0 aliphatic carbocycles. The van der Waals surface area contributed by atoms with Crippen LogP contribution in [0.25, 0.3) is 0 Å². The third kappa shape index (κ3) is 6.42. The highest BCUT2D eigenvalue weighted by atomic mass is 32.2. The van der Waals surface area contributed by atoms with Crippen molar-refractivity contribution in [1.82, 2.24) is 10.3 Å². The number of hydrogen-bond acceptors (Lipinski definition) is 5. The first kappa shape index (κ1) is 24.5. The molecule has 3 rings (SSSR count). The van der Waals surface area contributed by atoms with Gasteiger partial charge in [-0.15, -0.1) is 0 Å². The summed E-state index contributed by atoms with van der Waals surface area (Å²) >= 11 is 0. The molecule has 0 spiro atoms. The lowest BCUT2D eigenvalue weighted by Gasteiger charge is -2.19. The van der Waals surface area contributed by atoms with Crippen LogP contribution in [-0.4, -0.2) is 32.5 Å². The monoisotopic (exact) mass is 466 g/mol. The molecule has 1 heterocycles. The van der Waals surface area contributed by atoms with E-state index >= 15 is 0 Å². The Balaban J connectivity index is 1.76. The lowest BCUT2D eigenvalue weighted by atomic mass is 10.0.